The van der Waals surface area contributed by atoms with Crippen molar-refractivity contribution in [3.05, 3.63) is 0 Å². The standard InChI is InChI=1S/C23H34O5/c1-13(24)27-15-6-9-23-12-26-20(19(23)10-15)11-16-17-4-5-21(28-14(2)25)22(17,3)8-7-18(16)23/h15-21H,4-12H2,1-3H3/t15?,16-,17-,18-,19+,20+,21?,22-,23-/m0/s1. The van der Waals surface area contributed by atoms with Crippen LogP contribution in [0.25, 0.3) is 0 Å². The zero-order chi connectivity index (χ0) is 19.7. The molecule has 2 unspecified atom stereocenters. The van der Waals surface area contributed by atoms with Crippen molar-refractivity contribution in [3.63, 3.8) is 0 Å². The van der Waals surface area contributed by atoms with Crippen LogP contribution in [0.4, 0.5) is 0 Å². The van der Waals surface area contributed by atoms with E-state index in [1.165, 1.54) is 19.8 Å². The molecule has 0 radical (unpaired) electrons. The summed E-state index contributed by atoms with van der Waals surface area (Å²) in [5.41, 5.74) is 0.412. The second-order valence-corrected chi connectivity index (χ2v) is 10.5. The number of esters is 2. The molecule has 28 heavy (non-hydrogen) atoms. The van der Waals surface area contributed by atoms with Crippen molar-refractivity contribution < 1.29 is 23.8 Å². The minimum Gasteiger partial charge on any atom is -0.463 e. The molecule has 0 amide bonds. The van der Waals surface area contributed by atoms with Crippen LogP contribution in [0.1, 0.15) is 72.1 Å². The topological polar surface area (TPSA) is 61.8 Å². The average molecular weight is 391 g/mol. The minimum absolute atomic E-state index is 0.0741. The van der Waals surface area contributed by atoms with Gasteiger partial charge in [-0.25, -0.2) is 0 Å². The van der Waals surface area contributed by atoms with Crippen LogP contribution in [0.2, 0.25) is 0 Å². The van der Waals surface area contributed by atoms with Gasteiger partial charge in [-0.2, -0.15) is 0 Å². The summed E-state index contributed by atoms with van der Waals surface area (Å²) >= 11 is 0. The zero-order valence-corrected chi connectivity index (χ0v) is 17.4. The molecule has 1 heterocycles. The van der Waals surface area contributed by atoms with Crippen LogP contribution >= 0.6 is 0 Å². The normalized spacial score (nSPS) is 51.6. The molecule has 5 nitrogen and oxygen atoms in total. The Morgan fingerprint density at radius 3 is 2.43 bits per heavy atom. The average Bonchev–Trinajstić information content (AvgIpc) is 3.09. The van der Waals surface area contributed by atoms with Crippen molar-refractivity contribution in [1.82, 2.24) is 0 Å². The first kappa shape index (κ1) is 18.9. The predicted molar refractivity (Wildman–Crippen MR) is 102 cm³/mol. The summed E-state index contributed by atoms with van der Waals surface area (Å²) in [6, 6.07) is 0. The third-order valence-corrected chi connectivity index (χ3v) is 9.44. The quantitative estimate of drug-likeness (QED) is 0.670. The van der Waals surface area contributed by atoms with E-state index in [0.29, 0.717) is 29.8 Å². The third-order valence-electron chi connectivity index (χ3n) is 9.44. The Kier molecular flexibility index (Phi) is 4.35. The molecule has 9 atom stereocenters. The third kappa shape index (κ3) is 2.60. The lowest BCUT2D eigenvalue weighted by molar-refractivity contribution is -0.165. The van der Waals surface area contributed by atoms with E-state index in [1.807, 2.05) is 0 Å². The van der Waals surface area contributed by atoms with Gasteiger partial charge in [0.05, 0.1) is 12.7 Å². The fraction of sp³-hybridized carbons (Fsp3) is 0.913. The lowest BCUT2D eigenvalue weighted by atomic mass is 9.45. The first-order valence-corrected chi connectivity index (χ1v) is 11.3. The fourth-order valence-electron chi connectivity index (χ4n) is 8.42. The van der Waals surface area contributed by atoms with E-state index in [4.69, 9.17) is 14.2 Å². The molecule has 0 spiro atoms. The number of hydrogen-bond donors (Lipinski definition) is 0. The smallest absolute Gasteiger partial charge is 0.302 e. The molecular weight excluding hydrogens is 356 g/mol. The lowest BCUT2D eigenvalue weighted by Crippen LogP contribution is -2.57. The molecule has 1 aliphatic heterocycles. The Balaban J connectivity index is 1.39. The molecule has 0 N–H and O–H groups in total. The Morgan fingerprint density at radius 1 is 0.893 bits per heavy atom. The van der Waals surface area contributed by atoms with Gasteiger partial charge in [0.1, 0.15) is 12.2 Å². The highest BCUT2D eigenvalue weighted by molar-refractivity contribution is 5.66. The molecule has 4 saturated carbocycles. The van der Waals surface area contributed by atoms with Gasteiger partial charge in [-0.3, -0.25) is 9.59 Å². The van der Waals surface area contributed by atoms with E-state index < -0.39 is 0 Å². The van der Waals surface area contributed by atoms with E-state index in [0.717, 1.165) is 45.1 Å². The molecule has 5 fully saturated rings. The van der Waals surface area contributed by atoms with E-state index in [-0.39, 0.29) is 35.0 Å². The maximum Gasteiger partial charge on any atom is 0.302 e. The van der Waals surface area contributed by atoms with E-state index in [1.54, 1.807) is 6.92 Å². The summed E-state index contributed by atoms with van der Waals surface area (Å²) in [6.45, 7) is 6.34. The molecule has 1 saturated heterocycles. The first-order chi connectivity index (χ1) is 13.3. The number of carbonyl (C=O) groups excluding carboxylic acids is 2. The van der Waals surface area contributed by atoms with Gasteiger partial charge in [0, 0.05) is 24.7 Å². The minimum atomic E-state index is -0.154. The van der Waals surface area contributed by atoms with Crippen molar-refractivity contribution in [2.24, 2.45) is 34.5 Å². The Morgan fingerprint density at radius 2 is 1.68 bits per heavy atom. The van der Waals surface area contributed by atoms with Crippen LogP contribution in [-0.4, -0.2) is 36.9 Å². The second-order valence-electron chi connectivity index (χ2n) is 10.5. The number of carbonyl (C=O) groups is 2. The maximum atomic E-state index is 11.6. The summed E-state index contributed by atoms with van der Waals surface area (Å²) < 4.78 is 17.8. The Bertz CT molecular complexity index is 676. The summed E-state index contributed by atoms with van der Waals surface area (Å²) in [5, 5.41) is 0. The van der Waals surface area contributed by atoms with Gasteiger partial charge in [0.15, 0.2) is 0 Å². The number of fused-ring (bicyclic) bond motifs is 3. The van der Waals surface area contributed by atoms with Gasteiger partial charge in [-0.15, -0.1) is 0 Å². The van der Waals surface area contributed by atoms with Crippen LogP contribution in [0.3, 0.4) is 0 Å². The van der Waals surface area contributed by atoms with Gasteiger partial charge in [0.2, 0.25) is 0 Å². The lowest BCUT2D eigenvalue weighted by Gasteiger charge is -2.59. The fourth-order valence-corrected chi connectivity index (χ4v) is 8.42. The van der Waals surface area contributed by atoms with Crippen molar-refractivity contribution in [2.75, 3.05) is 6.61 Å². The van der Waals surface area contributed by atoms with Gasteiger partial charge >= 0.3 is 11.9 Å². The zero-order valence-electron chi connectivity index (χ0n) is 17.4. The second kappa shape index (κ2) is 6.45. The van der Waals surface area contributed by atoms with E-state index >= 15 is 0 Å². The molecule has 5 rings (SSSR count). The van der Waals surface area contributed by atoms with E-state index in [2.05, 4.69) is 6.92 Å². The van der Waals surface area contributed by atoms with Crippen LogP contribution in [0, 0.1) is 34.5 Å². The molecule has 5 aliphatic rings. The van der Waals surface area contributed by atoms with Gasteiger partial charge in [-0.05, 0) is 75.0 Å². The highest BCUT2D eigenvalue weighted by Crippen LogP contribution is 2.69. The van der Waals surface area contributed by atoms with Gasteiger partial charge in [0.25, 0.3) is 0 Å². The number of rotatable bonds is 2. The van der Waals surface area contributed by atoms with Crippen LogP contribution in [0.15, 0.2) is 0 Å². The van der Waals surface area contributed by atoms with Gasteiger partial charge < -0.3 is 14.2 Å². The summed E-state index contributed by atoms with van der Waals surface area (Å²) in [7, 11) is 0. The van der Waals surface area contributed by atoms with Crippen molar-refractivity contribution in [2.45, 2.75) is 90.4 Å². The maximum absolute atomic E-state index is 11.6. The molecule has 0 aromatic heterocycles. The molecular formula is C23H34O5. The van der Waals surface area contributed by atoms with Crippen LogP contribution in [-0.2, 0) is 23.8 Å². The predicted octanol–water partition coefficient (Wildman–Crippen LogP) is 3.88. The first-order valence-electron chi connectivity index (χ1n) is 11.3. The Hall–Kier alpha value is -1.10. The van der Waals surface area contributed by atoms with Crippen molar-refractivity contribution >= 4 is 11.9 Å². The molecule has 156 valence electrons. The summed E-state index contributed by atoms with van der Waals surface area (Å²) in [4.78, 5) is 23.1. The monoisotopic (exact) mass is 390 g/mol. The summed E-state index contributed by atoms with van der Waals surface area (Å²) in [5.74, 6) is 2.30. The van der Waals surface area contributed by atoms with Crippen LogP contribution < -0.4 is 0 Å². The van der Waals surface area contributed by atoms with Crippen LogP contribution in [0.5, 0.6) is 0 Å². The molecule has 4 aliphatic carbocycles. The van der Waals surface area contributed by atoms with Crippen molar-refractivity contribution in [1.29, 1.82) is 0 Å². The summed E-state index contributed by atoms with van der Waals surface area (Å²) in [6.07, 6.45) is 9.27. The van der Waals surface area contributed by atoms with Crippen molar-refractivity contribution in [3.8, 4) is 0 Å². The highest BCUT2D eigenvalue weighted by Gasteiger charge is 2.67. The molecule has 5 heteroatoms. The van der Waals surface area contributed by atoms with E-state index in [9.17, 15) is 9.59 Å². The number of hydrogen-bond acceptors (Lipinski definition) is 5. The highest BCUT2D eigenvalue weighted by atomic mass is 16.5. The number of ether oxygens (including phenoxy) is 3. The SMILES string of the molecule is CC(=O)OC1CC[C@]23CO[C@H](C[C@@H]4[C@@H]2CC[C@]2(C)C(OC(C)=O)CC[C@@H]42)[C@H]3C1. The molecule has 2 bridgehead atoms. The Labute approximate surface area is 167 Å². The largest absolute Gasteiger partial charge is 0.463 e. The van der Waals surface area contributed by atoms with Gasteiger partial charge in [-0.1, -0.05) is 6.92 Å². The molecule has 0 aromatic rings. The molecule has 0 aromatic carbocycles.